The van der Waals surface area contributed by atoms with Crippen LogP contribution in [0.3, 0.4) is 0 Å². The number of benzene rings is 2. The summed E-state index contributed by atoms with van der Waals surface area (Å²) in [7, 11) is 0. The number of hydrogen-bond acceptors (Lipinski definition) is 3. The van der Waals surface area contributed by atoms with Gasteiger partial charge >= 0.3 is 0 Å². The molecule has 0 radical (unpaired) electrons. The van der Waals surface area contributed by atoms with Crippen LogP contribution in [0.4, 0.5) is 11.4 Å². The highest BCUT2D eigenvalue weighted by Crippen LogP contribution is 2.26. The Balaban J connectivity index is 1.79. The van der Waals surface area contributed by atoms with Crippen molar-refractivity contribution in [2.75, 3.05) is 10.6 Å². The van der Waals surface area contributed by atoms with Crippen molar-refractivity contribution >= 4 is 34.8 Å². The van der Waals surface area contributed by atoms with Gasteiger partial charge in [-0.3, -0.25) is 14.6 Å². The lowest BCUT2D eigenvalue weighted by molar-refractivity contribution is -0.115. The first-order chi connectivity index (χ1) is 13.5. The van der Waals surface area contributed by atoms with E-state index in [0.717, 1.165) is 11.1 Å². The molecular formula is C22H20ClN3O2. The van der Waals surface area contributed by atoms with Gasteiger partial charge in [-0.1, -0.05) is 36.7 Å². The first kappa shape index (κ1) is 19.6. The maximum atomic E-state index is 12.5. The molecule has 2 N–H and O–H groups in total. The molecule has 0 saturated heterocycles. The van der Waals surface area contributed by atoms with Crippen LogP contribution < -0.4 is 10.6 Å². The molecule has 0 aliphatic heterocycles. The Morgan fingerprint density at radius 1 is 1.04 bits per heavy atom. The van der Waals surface area contributed by atoms with Crippen LogP contribution in [-0.2, 0) is 4.79 Å². The van der Waals surface area contributed by atoms with Crippen molar-refractivity contribution in [3.63, 3.8) is 0 Å². The normalized spacial score (nSPS) is 10.4. The second-order valence-corrected chi connectivity index (χ2v) is 6.70. The Morgan fingerprint density at radius 2 is 1.79 bits per heavy atom. The molecule has 0 saturated carbocycles. The number of aromatic nitrogens is 1. The van der Waals surface area contributed by atoms with Crippen LogP contribution in [0, 0.1) is 6.92 Å². The minimum atomic E-state index is -0.230. The highest BCUT2D eigenvalue weighted by Gasteiger charge is 2.11. The van der Waals surface area contributed by atoms with Gasteiger partial charge in [0.25, 0.3) is 5.91 Å². The quantitative estimate of drug-likeness (QED) is 0.616. The molecule has 2 amide bonds. The predicted molar refractivity (Wildman–Crippen MR) is 113 cm³/mol. The number of hydrogen-bond donors (Lipinski definition) is 2. The van der Waals surface area contributed by atoms with Crippen molar-refractivity contribution in [2.45, 2.75) is 20.3 Å². The van der Waals surface area contributed by atoms with E-state index in [9.17, 15) is 9.59 Å². The largest absolute Gasteiger partial charge is 0.324 e. The van der Waals surface area contributed by atoms with E-state index in [-0.39, 0.29) is 11.8 Å². The molecule has 28 heavy (non-hydrogen) atoms. The van der Waals surface area contributed by atoms with Gasteiger partial charge in [0.15, 0.2) is 0 Å². The van der Waals surface area contributed by atoms with Gasteiger partial charge in [0.05, 0.1) is 11.4 Å². The molecule has 5 nitrogen and oxygen atoms in total. The van der Waals surface area contributed by atoms with Crippen LogP contribution in [0.2, 0.25) is 5.02 Å². The van der Waals surface area contributed by atoms with E-state index in [1.807, 2.05) is 19.1 Å². The van der Waals surface area contributed by atoms with Gasteiger partial charge in [0.2, 0.25) is 5.91 Å². The number of amides is 2. The minimum absolute atomic E-state index is 0.0815. The maximum absolute atomic E-state index is 12.5. The molecule has 142 valence electrons. The zero-order valence-corrected chi connectivity index (χ0v) is 16.4. The fourth-order valence-electron chi connectivity index (χ4n) is 2.63. The van der Waals surface area contributed by atoms with Crippen LogP contribution in [-0.4, -0.2) is 16.8 Å². The molecule has 6 heteroatoms. The number of pyridine rings is 1. The number of rotatable bonds is 5. The molecule has 0 aliphatic rings. The summed E-state index contributed by atoms with van der Waals surface area (Å²) in [5.74, 6) is -0.311. The average molecular weight is 394 g/mol. The first-order valence-electron chi connectivity index (χ1n) is 8.90. The Hall–Kier alpha value is -3.18. The van der Waals surface area contributed by atoms with Crippen molar-refractivity contribution in [1.29, 1.82) is 0 Å². The summed E-state index contributed by atoms with van der Waals surface area (Å²) in [5, 5.41) is 6.28. The molecular weight excluding hydrogens is 374 g/mol. The third-order valence-electron chi connectivity index (χ3n) is 4.25. The number of carbonyl (C=O) groups is 2. The molecule has 3 aromatic rings. The van der Waals surface area contributed by atoms with Gasteiger partial charge in [0.1, 0.15) is 0 Å². The van der Waals surface area contributed by atoms with Gasteiger partial charge in [-0.2, -0.15) is 0 Å². The van der Waals surface area contributed by atoms with Gasteiger partial charge in [0, 0.05) is 34.5 Å². The fraction of sp³-hybridized carbons (Fsp3) is 0.136. The van der Waals surface area contributed by atoms with Crippen LogP contribution in [0.1, 0.15) is 29.3 Å². The van der Waals surface area contributed by atoms with E-state index in [1.54, 1.807) is 55.6 Å². The minimum Gasteiger partial charge on any atom is -0.324 e. The summed E-state index contributed by atoms with van der Waals surface area (Å²) < 4.78 is 0. The molecule has 0 spiro atoms. The van der Waals surface area contributed by atoms with Crippen LogP contribution in [0.15, 0.2) is 60.8 Å². The number of nitrogens with one attached hydrogen (secondary N) is 2. The van der Waals surface area contributed by atoms with Gasteiger partial charge in [-0.25, -0.2) is 0 Å². The van der Waals surface area contributed by atoms with E-state index < -0.39 is 0 Å². The van der Waals surface area contributed by atoms with Gasteiger partial charge in [-0.05, 0) is 48.9 Å². The summed E-state index contributed by atoms with van der Waals surface area (Å²) in [5.41, 5.74) is 4.20. The second-order valence-electron chi connectivity index (χ2n) is 6.30. The summed E-state index contributed by atoms with van der Waals surface area (Å²) >= 11 is 6.10. The SMILES string of the molecule is CCC(=O)Nc1cccnc1-c1ccc(C(=O)Nc2ccc(C)c(Cl)c2)cc1. The summed E-state index contributed by atoms with van der Waals surface area (Å²) in [6.07, 6.45) is 2.05. The van der Waals surface area contributed by atoms with Crippen molar-refractivity contribution in [3.05, 3.63) is 76.9 Å². The Labute approximate surface area is 168 Å². The van der Waals surface area contributed by atoms with E-state index >= 15 is 0 Å². The lowest BCUT2D eigenvalue weighted by atomic mass is 10.1. The second kappa shape index (κ2) is 8.67. The van der Waals surface area contributed by atoms with Crippen LogP contribution in [0.5, 0.6) is 0 Å². The summed E-state index contributed by atoms with van der Waals surface area (Å²) in [6.45, 7) is 3.70. The third-order valence-corrected chi connectivity index (χ3v) is 4.66. The fourth-order valence-corrected chi connectivity index (χ4v) is 2.81. The Kier molecular flexibility index (Phi) is 6.06. The summed E-state index contributed by atoms with van der Waals surface area (Å²) in [4.78, 5) is 28.6. The first-order valence-corrected chi connectivity index (χ1v) is 9.28. The van der Waals surface area contributed by atoms with E-state index in [2.05, 4.69) is 15.6 Å². The Morgan fingerprint density at radius 3 is 2.46 bits per heavy atom. The zero-order valence-electron chi connectivity index (χ0n) is 15.6. The molecule has 1 heterocycles. The molecule has 0 aliphatic carbocycles. The topological polar surface area (TPSA) is 71.1 Å². The molecule has 0 unspecified atom stereocenters. The molecule has 0 fully saturated rings. The van der Waals surface area contributed by atoms with Crippen molar-refractivity contribution < 1.29 is 9.59 Å². The zero-order chi connectivity index (χ0) is 20.1. The lowest BCUT2D eigenvalue weighted by Crippen LogP contribution is -2.12. The molecule has 1 aromatic heterocycles. The predicted octanol–water partition coefficient (Wildman–Crippen LogP) is 5.31. The van der Waals surface area contributed by atoms with E-state index in [0.29, 0.717) is 34.1 Å². The van der Waals surface area contributed by atoms with Crippen molar-refractivity contribution in [2.24, 2.45) is 0 Å². The number of anilines is 2. The third kappa shape index (κ3) is 4.56. The Bertz CT molecular complexity index is 1020. The molecule has 0 bridgehead atoms. The monoisotopic (exact) mass is 393 g/mol. The van der Waals surface area contributed by atoms with Crippen molar-refractivity contribution in [1.82, 2.24) is 4.98 Å². The van der Waals surface area contributed by atoms with Crippen LogP contribution >= 0.6 is 11.6 Å². The van der Waals surface area contributed by atoms with Crippen molar-refractivity contribution in [3.8, 4) is 11.3 Å². The molecule has 0 atom stereocenters. The standard InChI is InChI=1S/C22H20ClN3O2/c1-3-20(27)26-19-5-4-12-24-21(19)15-7-9-16(10-8-15)22(28)25-17-11-6-14(2)18(23)13-17/h4-13H,3H2,1-2H3,(H,25,28)(H,26,27). The highest BCUT2D eigenvalue weighted by atomic mass is 35.5. The molecule has 2 aromatic carbocycles. The van der Waals surface area contributed by atoms with Gasteiger partial charge < -0.3 is 10.6 Å². The number of halogens is 1. The maximum Gasteiger partial charge on any atom is 0.255 e. The van der Waals surface area contributed by atoms with Gasteiger partial charge in [-0.15, -0.1) is 0 Å². The smallest absolute Gasteiger partial charge is 0.255 e. The molecule has 3 rings (SSSR count). The van der Waals surface area contributed by atoms with Crippen LogP contribution in [0.25, 0.3) is 11.3 Å². The highest BCUT2D eigenvalue weighted by molar-refractivity contribution is 6.31. The van der Waals surface area contributed by atoms with E-state index in [4.69, 9.17) is 11.6 Å². The summed E-state index contributed by atoms with van der Waals surface area (Å²) in [6, 6.07) is 16.0. The number of carbonyl (C=O) groups excluding carboxylic acids is 2. The lowest BCUT2D eigenvalue weighted by Gasteiger charge is -2.11. The average Bonchev–Trinajstić information content (AvgIpc) is 2.71. The number of nitrogens with zero attached hydrogens (tertiary/aromatic N) is 1. The van der Waals surface area contributed by atoms with E-state index in [1.165, 1.54) is 0 Å². The number of aryl methyl sites for hydroxylation is 1.